The predicted octanol–water partition coefficient (Wildman–Crippen LogP) is 4.72. The minimum atomic E-state index is -0.310. The fourth-order valence-corrected chi connectivity index (χ4v) is 3.08. The zero-order valence-corrected chi connectivity index (χ0v) is 15.1. The molecule has 2 N–H and O–H groups in total. The van der Waals surface area contributed by atoms with Crippen molar-refractivity contribution in [1.29, 1.82) is 0 Å². The van der Waals surface area contributed by atoms with Crippen LogP contribution in [0.2, 0.25) is 4.34 Å². The van der Waals surface area contributed by atoms with Crippen LogP contribution < -0.4 is 15.4 Å². The Kier molecular flexibility index (Phi) is 5.60. The van der Waals surface area contributed by atoms with Crippen molar-refractivity contribution in [2.24, 2.45) is 0 Å². The summed E-state index contributed by atoms with van der Waals surface area (Å²) in [5.74, 6) is 0.781. The molecule has 3 aromatic rings. The van der Waals surface area contributed by atoms with Gasteiger partial charge in [-0.3, -0.25) is 10.1 Å². The monoisotopic (exact) mass is 389 g/mol. The summed E-state index contributed by atoms with van der Waals surface area (Å²) >= 11 is 12.2. The van der Waals surface area contributed by atoms with Gasteiger partial charge in [-0.2, -0.15) is 0 Å². The third-order valence-corrected chi connectivity index (χ3v) is 4.41. The number of carbonyl (C=O) groups is 1. The molecule has 0 aliphatic heterocycles. The Balaban J connectivity index is 1.61. The van der Waals surface area contributed by atoms with Crippen LogP contribution >= 0.6 is 35.2 Å². The van der Waals surface area contributed by atoms with Crippen molar-refractivity contribution in [3.63, 3.8) is 0 Å². The normalized spacial score (nSPS) is 10.1. The van der Waals surface area contributed by atoms with Crippen molar-refractivity contribution >= 4 is 51.9 Å². The van der Waals surface area contributed by atoms with E-state index in [2.05, 4.69) is 15.6 Å². The molecule has 1 amide bonds. The topological polar surface area (TPSA) is 63.2 Å². The standard InChI is InChI=1S/C17H12ClN3O2S2/c18-14-8-7-13(25-14)16(22)21-17(24)20-11-4-3-5-12(10-11)23-15-6-1-2-9-19-15/h1-10H,(H2,20,21,22,24). The quantitative estimate of drug-likeness (QED) is 0.632. The average molecular weight is 390 g/mol. The highest BCUT2D eigenvalue weighted by molar-refractivity contribution is 7.80. The van der Waals surface area contributed by atoms with Crippen LogP contribution in [0.4, 0.5) is 5.69 Å². The van der Waals surface area contributed by atoms with Gasteiger partial charge >= 0.3 is 0 Å². The maximum atomic E-state index is 12.0. The van der Waals surface area contributed by atoms with Gasteiger partial charge in [0.1, 0.15) is 5.75 Å². The van der Waals surface area contributed by atoms with Gasteiger partial charge in [0.15, 0.2) is 5.11 Å². The highest BCUT2D eigenvalue weighted by Crippen LogP contribution is 2.23. The lowest BCUT2D eigenvalue weighted by atomic mass is 10.3. The summed E-state index contributed by atoms with van der Waals surface area (Å²) in [6.45, 7) is 0. The SMILES string of the molecule is O=C(NC(=S)Nc1cccc(Oc2ccccn2)c1)c1ccc(Cl)s1. The molecule has 0 unspecified atom stereocenters. The molecule has 5 nitrogen and oxygen atoms in total. The second kappa shape index (κ2) is 8.06. The van der Waals surface area contributed by atoms with Crippen molar-refractivity contribution in [3.8, 4) is 11.6 Å². The van der Waals surface area contributed by atoms with E-state index < -0.39 is 0 Å². The van der Waals surface area contributed by atoms with Crippen molar-refractivity contribution in [3.05, 3.63) is 70.0 Å². The van der Waals surface area contributed by atoms with Gasteiger partial charge in [-0.25, -0.2) is 4.98 Å². The maximum Gasteiger partial charge on any atom is 0.267 e. The second-order valence-electron chi connectivity index (χ2n) is 4.81. The molecule has 2 heterocycles. The Morgan fingerprint density at radius 2 is 2.04 bits per heavy atom. The number of thiophene rings is 1. The fraction of sp³-hybridized carbons (Fsp3) is 0. The molecule has 0 radical (unpaired) electrons. The van der Waals surface area contributed by atoms with Gasteiger partial charge in [-0.05, 0) is 42.5 Å². The van der Waals surface area contributed by atoms with Crippen LogP contribution in [-0.4, -0.2) is 16.0 Å². The first-order chi connectivity index (χ1) is 12.1. The molecular formula is C17H12ClN3O2S2. The molecule has 0 spiro atoms. The highest BCUT2D eigenvalue weighted by atomic mass is 35.5. The molecule has 2 aromatic heterocycles. The van der Waals surface area contributed by atoms with Crippen LogP contribution in [0.25, 0.3) is 0 Å². The van der Waals surface area contributed by atoms with Crippen LogP contribution in [0.1, 0.15) is 9.67 Å². The molecule has 0 atom stereocenters. The van der Waals surface area contributed by atoms with E-state index in [-0.39, 0.29) is 11.0 Å². The number of halogens is 1. The van der Waals surface area contributed by atoms with E-state index >= 15 is 0 Å². The van der Waals surface area contributed by atoms with Crippen LogP contribution in [0.5, 0.6) is 11.6 Å². The predicted molar refractivity (Wildman–Crippen MR) is 104 cm³/mol. The van der Waals surface area contributed by atoms with Crippen molar-refractivity contribution in [2.45, 2.75) is 0 Å². The first-order valence-electron chi connectivity index (χ1n) is 7.17. The number of benzene rings is 1. The largest absolute Gasteiger partial charge is 0.439 e. The molecular weight excluding hydrogens is 378 g/mol. The zero-order valence-electron chi connectivity index (χ0n) is 12.7. The number of hydrogen-bond donors (Lipinski definition) is 2. The van der Waals surface area contributed by atoms with E-state index in [1.54, 1.807) is 36.5 Å². The second-order valence-corrected chi connectivity index (χ2v) is 6.93. The Morgan fingerprint density at radius 3 is 2.76 bits per heavy atom. The minimum Gasteiger partial charge on any atom is -0.439 e. The first kappa shape index (κ1) is 17.3. The van der Waals surface area contributed by atoms with Crippen molar-refractivity contribution in [1.82, 2.24) is 10.3 Å². The van der Waals surface area contributed by atoms with Gasteiger partial charge in [-0.1, -0.05) is 23.7 Å². The van der Waals surface area contributed by atoms with Crippen LogP contribution in [0.3, 0.4) is 0 Å². The molecule has 0 saturated heterocycles. The number of ether oxygens (including phenoxy) is 1. The summed E-state index contributed by atoms with van der Waals surface area (Å²) in [5.41, 5.74) is 0.683. The van der Waals surface area contributed by atoms with E-state index in [1.165, 1.54) is 11.3 Å². The maximum absolute atomic E-state index is 12.0. The number of nitrogens with one attached hydrogen (secondary N) is 2. The number of thiocarbonyl (C=S) groups is 1. The number of anilines is 1. The molecule has 25 heavy (non-hydrogen) atoms. The van der Waals surface area contributed by atoms with E-state index in [1.807, 2.05) is 24.3 Å². The molecule has 0 aliphatic rings. The summed E-state index contributed by atoms with van der Waals surface area (Å²) in [6.07, 6.45) is 1.65. The summed E-state index contributed by atoms with van der Waals surface area (Å²) in [7, 11) is 0. The smallest absolute Gasteiger partial charge is 0.267 e. The molecule has 0 fully saturated rings. The zero-order chi connectivity index (χ0) is 17.6. The molecule has 8 heteroatoms. The third kappa shape index (κ3) is 4.99. The van der Waals surface area contributed by atoms with Crippen LogP contribution in [0.15, 0.2) is 60.8 Å². The number of rotatable bonds is 4. The van der Waals surface area contributed by atoms with E-state index in [4.69, 9.17) is 28.6 Å². The number of pyridine rings is 1. The van der Waals surface area contributed by atoms with Gasteiger partial charge in [0, 0.05) is 24.0 Å². The van der Waals surface area contributed by atoms with Gasteiger partial charge in [0.25, 0.3) is 5.91 Å². The van der Waals surface area contributed by atoms with Gasteiger partial charge in [0.2, 0.25) is 5.88 Å². The molecule has 3 rings (SSSR count). The van der Waals surface area contributed by atoms with E-state index in [0.29, 0.717) is 26.5 Å². The molecule has 126 valence electrons. The minimum absolute atomic E-state index is 0.185. The van der Waals surface area contributed by atoms with Gasteiger partial charge in [-0.15, -0.1) is 11.3 Å². The van der Waals surface area contributed by atoms with Gasteiger partial charge in [0.05, 0.1) is 9.21 Å². The van der Waals surface area contributed by atoms with Crippen LogP contribution in [0, 0.1) is 0 Å². The number of nitrogens with zero attached hydrogens (tertiary/aromatic N) is 1. The summed E-state index contributed by atoms with van der Waals surface area (Å²) < 4.78 is 6.20. The van der Waals surface area contributed by atoms with E-state index in [9.17, 15) is 4.79 Å². The summed E-state index contributed by atoms with van der Waals surface area (Å²) in [5, 5.41) is 5.74. The van der Waals surface area contributed by atoms with Crippen molar-refractivity contribution in [2.75, 3.05) is 5.32 Å². The average Bonchev–Trinajstić information content (AvgIpc) is 3.02. The Morgan fingerprint density at radius 1 is 1.16 bits per heavy atom. The van der Waals surface area contributed by atoms with Gasteiger partial charge < -0.3 is 10.1 Å². The fourth-order valence-electron chi connectivity index (χ4n) is 1.93. The highest BCUT2D eigenvalue weighted by Gasteiger charge is 2.10. The first-order valence-corrected chi connectivity index (χ1v) is 8.77. The Hall–Kier alpha value is -2.48. The molecule has 1 aromatic carbocycles. The third-order valence-electron chi connectivity index (χ3n) is 2.98. The van der Waals surface area contributed by atoms with E-state index in [0.717, 1.165) is 0 Å². The number of aromatic nitrogens is 1. The summed E-state index contributed by atoms with van der Waals surface area (Å²) in [4.78, 5) is 16.6. The van der Waals surface area contributed by atoms with Crippen LogP contribution in [-0.2, 0) is 0 Å². The number of carbonyl (C=O) groups excluding carboxylic acids is 1. The Bertz CT molecular complexity index is 900. The number of hydrogen-bond acceptors (Lipinski definition) is 5. The lowest BCUT2D eigenvalue weighted by Crippen LogP contribution is -2.33. The number of amides is 1. The molecule has 0 saturated carbocycles. The molecule has 0 aliphatic carbocycles. The Labute approximate surface area is 158 Å². The van der Waals surface area contributed by atoms with Crippen molar-refractivity contribution < 1.29 is 9.53 Å². The lowest BCUT2D eigenvalue weighted by Gasteiger charge is -2.10. The summed E-state index contributed by atoms with van der Waals surface area (Å²) in [6, 6.07) is 15.9. The molecule has 0 bridgehead atoms. The lowest BCUT2D eigenvalue weighted by molar-refractivity contribution is 0.0981.